The number of nitrogens with zero attached hydrogens (tertiary/aromatic N) is 1. The van der Waals surface area contributed by atoms with Gasteiger partial charge < -0.3 is 19.7 Å². The summed E-state index contributed by atoms with van der Waals surface area (Å²) in [4.78, 5) is 0. The van der Waals surface area contributed by atoms with Crippen LogP contribution in [0.2, 0.25) is 0 Å². The monoisotopic (exact) mass is 212 g/mol. The van der Waals surface area contributed by atoms with Gasteiger partial charge in [-0.3, -0.25) is 0 Å². The number of ether oxygens (including phenoxy) is 1. The first-order chi connectivity index (χ1) is 7.29. The van der Waals surface area contributed by atoms with Crippen LogP contribution in [0.3, 0.4) is 0 Å². The Hall–Kier alpha value is -0.840. The molecule has 0 saturated carbocycles. The minimum atomic E-state index is 0.0887. The molecule has 0 spiro atoms. The van der Waals surface area contributed by atoms with E-state index in [2.05, 4.69) is 22.9 Å². The molecule has 1 unspecified atom stereocenters. The van der Waals surface area contributed by atoms with E-state index in [4.69, 9.17) is 9.84 Å². The Kier molecular flexibility index (Phi) is 5.39. The first-order valence-corrected chi connectivity index (χ1v) is 5.30. The zero-order valence-corrected chi connectivity index (χ0v) is 9.44. The molecule has 0 bridgehead atoms. The molecule has 0 saturated heterocycles. The van der Waals surface area contributed by atoms with E-state index in [1.807, 2.05) is 19.3 Å². The molecule has 4 nitrogen and oxygen atoms in total. The van der Waals surface area contributed by atoms with E-state index in [9.17, 15) is 0 Å². The number of nitrogens with one attached hydrogen (secondary N) is 1. The Labute approximate surface area is 90.9 Å². The third-order valence-electron chi connectivity index (χ3n) is 2.45. The standard InChI is InChI=1S/C11H20N2O2/c1-10(12-2)11-4-3-5-13(11)6-8-15-9-7-14/h3-5,10,12,14H,6-9H2,1-2H3. The van der Waals surface area contributed by atoms with E-state index in [0.29, 0.717) is 19.3 Å². The molecule has 86 valence electrons. The molecule has 2 N–H and O–H groups in total. The summed E-state index contributed by atoms with van der Waals surface area (Å²) in [7, 11) is 1.95. The Morgan fingerprint density at radius 1 is 1.53 bits per heavy atom. The minimum absolute atomic E-state index is 0.0887. The van der Waals surface area contributed by atoms with Crippen molar-refractivity contribution in [3.8, 4) is 0 Å². The molecule has 1 heterocycles. The Morgan fingerprint density at radius 2 is 2.33 bits per heavy atom. The summed E-state index contributed by atoms with van der Waals surface area (Å²) >= 11 is 0. The molecule has 0 aliphatic rings. The number of aliphatic hydroxyl groups is 1. The summed E-state index contributed by atoms with van der Waals surface area (Å²) in [5.74, 6) is 0. The summed E-state index contributed by atoms with van der Waals surface area (Å²) in [6.45, 7) is 4.09. The first-order valence-electron chi connectivity index (χ1n) is 5.30. The molecule has 1 aromatic heterocycles. The lowest BCUT2D eigenvalue weighted by atomic mass is 10.2. The molecule has 1 rings (SSSR count). The fourth-order valence-electron chi connectivity index (χ4n) is 1.50. The third-order valence-corrected chi connectivity index (χ3v) is 2.45. The average molecular weight is 212 g/mol. The van der Waals surface area contributed by atoms with Gasteiger partial charge in [0.25, 0.3) is 0 Å². The zero-order valence-electron chi connectivity index (χ0n) is 9.44. The minimum Gasteiger partial charge on any atom is -0.394 e. The Bertz CT molecular complexity index is 273. The molecule has 0 amide bonds. The van der Waals surface area contributed by atoms with Crippen molar-refractivity contribution >= 4 is 0 Å². The van der Waals surface area contributed by atoms with Crippen LogP contribution < -0.4 is 5.32 Å². The van der Waals surface area contributed by atoms with Crippen molar-refractivity contribution in [3.63, 3.8) is 0 Å². The van der Waals surface area contributed by atoms with Crippen LogP contribution in [-0.4, -0.2) is 36.5 Å². The fourth-order valence-corrected chi connectivity index (χ4v) is 1.50. The van der Waals surface area contributed by atoms with E-state index >= 15 is 0 Å². The number of aromatic nitrogens is 1. The van der Waals surface area contributed by atoms with Gasteiger partial charge in [-0.1, -0.05) is 0 Å². The number of aliphatic hydroxyl groups excluding tert-OH is 1. The summed E-state index contributed by atoms with van der Waals surface area (Å²) in [5.41, 5.74) is 1.25. The molecule has 1 aromatic rings. The maximum absolute atomic E-state index is 8.56. The molecule has 15 heavy (non-hydrogen) atoms. The topological polar surface area (TPSA) is 46.4 Å². The van der Waals surface area contributed by atoms with Crippen molar-refractivity contribution in [2.45, 2.75) is 19.5 Å². The van der Waals surface area contributed by atoms with Crippen molar-refractivity contribution in [2.24, 2.45) is 0 Å². The highest BCUT2D eigenvalue weighted by atomic mass is 16.5. The smallest absolute Gasteiger partial charge is 0.0698 e. The molecule has 4 heteroatoms. The fraction of sp³-hybridized carbons (Fsp3) is 0.636. The summed E-state index contributed by atoms with van der Waals surface area (Å²) < 4.78 is 7.40. The van der Waals surface area contributed by atoms with Gasteiger partial charge in [-0.05, 0) is 26.1 Å². The Balaban J connectivity index is 2.43. The zero-order chi connectivity index (χ0) is 11.1. The van der Waals surface area contributed by atoms with Crippen molar-refractivity contribution in [3.05, 3.63) is 24.0 Å². The van der Waals surface area contributed by atoms with Crippen LogP contribution in [0.25, 0.3) is 0 Å². The highest BCUT2D eigenvalue weighted by molar-refractivity contribution is 5.11. The summed E-state index contributed by atoms with van der Waals surface area (Å²) in [6.07, 6.45) is 2.05. The van der Waals surface area contributed by atoms with Gasteiger partial charge in [0.1, 0.15) is 0 Å². The van der Waals surface area contributed by atoms with Crippen molar-refractivity contribution in [1.29, 1.82) is 0 Å². The lowest BCUT2D eigenvalue weighted by Crippen LogP contribution is -2.18. The predicted octanol–water partition coefficient (Wildman–Crippen LogP) is 0.777. The van der Waals surface area contributed by atoms with E-state index < -0.39 is 0 Å². The van der Waals surface area contributed by atoms with E-state index in [1.54, 1.807) is 0 Å². The lowest BCUT2D eigenvalue weighted by Gasteiger charge is -2.14. The lowest BCUT2D eigenvalue weighted by molar-refractivity contribution is 0.0865. The SMILES string of the molecule is CNC(C)c1cccn1CCOCCO. The Morgan fingerprint density at radius 3 is 3.00 bits per heavy atom. The number of hydrogen-bond donors (Lipinski definition) is 2. The van der Waals surface area contributed by atoms with Gasteiger partial charge in [-0.15, -0.1) is 0 Å². The van der Waals surface area contributed by atoms with Crippen LogP contribution >= 0.6 is 0 Å². The second-order valence-corrected chi connectivity index (χ2v) is 3.47. The molecule has 0 fully saturated rings. The quantitative estimate of drug-likeness (QED) is 0.656. The highest BCUT2D eigenvalue weighted by Gasteiger charge is 2.06. The van der Waals surface area contributed by atoms with Crippen LogP contribution in [0, 0.1) is 0 Å². The number of rotatable bonds is 7. The van der Waals surface area contributed by atoms with Crippen molar-refractivity contribution in [1.82, 2.24) is 9.88 Å². The van der Waals surface area contributed by atoms with Crippen molar-refractivity contribution < 1.29 is 9.84 Å². The largest absolute Gasteiger partial charge is 0.394 e. The van der Waals surface area contributed by atoms with Gasteiger partial charge in [0.2, 0.25) is 0 Å². The second-order valence-electron chi connectivity index (χ2n) is 3.47. The maximum atomic E-state index is 8.56. The van der Waals surface area contributed by atoms with Gasteiger partial charge in [0, 0.05) is 24.5 Å². The highest BCUT2D eigenvalue weighted by Crippen LogP contribution is 2.12. The van der Waals surface area contributed by atoms with Gasteiger partial charge in [-0.25, -0.2) is 0 Å². The van der Waals surface area contributed by atoms with Gasteiger partial charge in [0.15, 0.2) is 0 Å². The van der Waals surface area contributed by atoms with Crippen molar-refractivity contribution in [2.75, 3.05) is 26.9 Å². The van der Waals surface area contributed by atoms with E-state index in [0.717, 1.165) is 6.54 Å². The molecule has 0 aliphatic carbocycles. The summed E-state index contributed by atoms with van der Waals surface area (Å²) in [5, 5.41) is 11.8. The van der Waals surface area contributed by atoms with Gasteiger partial charge in [-0.2, -0.15) is 0 Å². The van der Waals surface area contributed by atoms with Crippen LogP contribution in [0.5, 0.6) is 0 Å². The van der Waals surface area contributed by atoms with Gasteiger partial charge in [0.05, 0.1) is 19.8 Å². The van der Waals surface area contributed by atoms with E-state index in [1.165, 1.54) is 5.69 Å². The van der Waals surface area contributed by atoms with Crippen LogP contribution in [0.4, 0.5) is 0 Å². The van der Waals surface area contributed by atoms with Crippen LogP contribution in [-0.2, 0) is 11.3 Å². The molecule has 0 aromatic carbocycles. The second kappa shape index (κ2) is 6.61. The molecule has 0 radical (unpaired) electrons. The average Bonchev–Trinajstić information content (AvgIpc) is 2.71. The number of hydrogen-bond acceptors (Lipinski definition) is 3. The molecule has 0 aliphatic heterocycles. The van der Waals surface area contributed by atoms with Gasteiger partial charge >= 0.3 is 0 Å². The predicted molar refractivity (Wildman–Crippen MR) is 59.8 cm³/mol. The van der Waals surface area contributed by atoms with E-state index in [-0.39, 0.29) is 6.61 Å². The normalized spacial score (nSPS) is 13.0. The molecular formula is C11H20N2O2. The molecular weight excluding hydrogens is 192 g/mol. The maximum Gasteiger partial charge on any atom is 0.0698 e. The van der Waals surface area contributed by atoms with Crippen LogP contribution in [0.15, 0.2) is 18.3 Å². The first kappa shape index (κ1) is 12.2. The van der Waals surface area contributed by atoms with Crippen LogP contribution in [0.1, 0.15) is 18.7 Å². The molecule has 1 atom stereocenters. The third kappa shape index (κ3) is 3.66. The summed E-state index contributed by atoms with van der Waals surface area (Å²) in [6, 6.07) is 4.49.